The SMILES string of the molecule is COc1cc2c(cc1OCCO[Si](C)(C)C(C)(C)C)Nc1cc(-c3ccc([N+](=O)[O-])c(OC)c3)ccc1C(=O)N2. The van der Waals surface area contributed by atoms with E-state index in [2.05, 4.69) is 44.5 Å². The van der Waals surface area contributed by atoms with Crippen molar-refractivity contribution >= 4 is 37.0 Å². The quantitative estimate of drug-likeness (QED) is 0.123. The fraction of sp³-hybridized carbons (Fsp3) is 0.345. The van der Waals surface area contributed by atoms with Gasteiger partial charge in [-0.2, -0.15) is 0 Å². The van der Waals surface area contributed by atoms with Gasteiger partial charge in [0.25, 0.3) is 5.91 Å². The van der Waals surface area contributed by atoms with Crippen LogP contribution >= 0.6 is 0 Å². The molecule has 40 heavy (non-hydrogen) atoms. The summed E-state index contributed by atoms with van der Waals surface area (Å²) < 4.78 is 23.1. The predicted molar refractivity (Wildman–Crippen MR) is 158 cm³/mol. The molecule has 11 heteroatoms. The third-order valence-corrected chi connectivity index (χ3v) is 11.9. The summed E-state index contributed by atoms with van der Waals surface area (Å²) in [6.45, 7) is 11.8. The number of carbonyl (C=O) groups excluding carboxylic acids is 1. The minimum atomic E-state index is -1.90. The summed E-state index contributed by atoms with van der Waals surface area (Å²) in [6, 6.07) is 13.5. The number of rotatable bonds is 9. The van der Waals surface area contributed by atoms with Gasteiger partial charge < -0.3 is 29.3 Å². The van der Waals surface area contributed by atoms with Crippen molar-refractivity contribution in [2.24, 2.45) is 0 Å². The van der Waals surface area contributed by atoms with E-state index >= 15 is 0 Å². The van der Waals surface area contributed by atoms with Crippen LogP contribution in [0.5, 0.6) is 17.2 Å². The molecule has 3 aromatic carbocycles. The van der Waals surface area contributed by atoms with Crippen LogP contribution in [0, 0.1) is 10.1 Å². The summed E-state index contributed by atoms with van der Waals surface area (Å²) in [6.07, 6.45) is 0. The van der Waals surface area contributed by atoms with Crippen molar-refractivity contribution in [2.45, 2.75) is 38.9 Å². The Morgan fingerprint density at radius 2 is 1.45 bits per heavy atom. The molecule has 2 N–H and O–H groups in total. The van der Waals surface area contributed by atoms with Crippen LogP contribution in [-0.4, -0.2) is 46.6 Å². The number of amides is 1. The first-order valence-electron chi connectivity index (χ1n) is 12.9. The van der Waals surface area contributed by atoms with E-state index < -0.39 is 13.2 Å². The van der Waals surface area contributed by atoms with E-state index in [0.29, 0.717) is 52.9 Å². The molecule has 0 aromatic heterocycles. The highest BCUT2D eigenvalue weighted by atomic mass is 28.4. The topological polar surface area (TPSA) is 121 Å². The van der Waals surface area contributed by atoms with Gasteiger partial charge in [-0.3, -0.25) is 14.9 Å². The standard InChI is InChI=1S/C29H35N3O7Si/c1-29(2,3)40(6,7)39-13-12-38-27-17-22-23(16-26(27)37-5)31-28(33)20-10-8-18(14-21(20)30-22)19-9-11-24(32(34)35)25(15-19)36-4/h8-11,14-17,30H,12-13H2,1-7H3,(H,31,33). The highest BCUT2D eigenvalue weighted by Crippen LogP contribution is 2.42. The maximum atomic E-state index is 13.1. The molecule has 10 nitrogen and oxygen atoms in total. The number of ether oxygens (including phenoxy) is 3. The zero-order chi connectivity index (χ0) is 29.2. The van der Waals surface area contributed by atoms with Gasteiger partial charge in [0.2, 0.25) is 0 Å². The summed E-state index contributed by atoms with van der Waals surface area (Å²) >= 11 is 0. The van der Waals surface area contributed by atoms with Gasteiger partial charge in [-0.05, 0) is 53.5 Å². The lowest BCUT2D eigenvalue weighted by molar-refractivity contribution is -0.385. The maximum Gasteiger partial charge on any atom is 0.310 e. The summed E-state index contributed by atoms with van der Waals surface area (Å²) in [5.74, 6) is 0.867. The van der Waals surface area contributed by atoms with Crippen molar-refractivity contribution in [3.8, 4) is 28.4 Å². The smallest absolute Gasteiger partial charge is 0.310 e. The van der Waals surface area contributed by atoms with Crippen LogP contribution in [-0.2, 0) is 4.43 Å². The van der Waals surface area contributed by atoms with Crippen molar-refractivity contribution in [1.29, 1.82) is 0 Å². The Morgan fingerprint density at radius 1 is 0.825 bits per heavy atom. The third kappa shape index (κ3) is 5.90. The van der Waals surface area contributed by atoms with Crippen LogP contribution in [0.15, 0.2) is 48.5 Å². The molecule has 4 rings (SSSR count). The number of anilines is 3. The van der Waals surface area contributed by atoms with E-state index in [1.165, 1.54) is 13.2 Å². The highest BCUT2D eigenvalue weighted by molar-refractivity contribution is 6.74. The Hall–Kier alpha value is -4.09. The lowest BCUT2D eigenvalue weighted by atomic mass is 10.0. The number of hydrogen-bond acceptors (Lipinski definition) is 8. The summed E-state index contributed by atoms with van der Waals surface area (Å²) in [7, 11) is 1.03. The van der Waals surface area contributed by atoms with Crippen molar-refractivity contribution in [3.05, 3.63) is 64.2 Å². The average Bonchev–Trinajstić information content (AvgIpc) is 3.04. The van der Waals surface area contributed by atoms with E-state index in [0.717, 1.165) is 5.56 Å². The van der Waals surface area contributed by atoms with Gasteiger partial charge in [0.1, 0.15) is 6.61 Å². The van der Waals surface area contributed by atoms with E-state index in [-0.39, 0.29) is 22.4 Å². The lowest BCUT2D eigenvalue weighted by Gasteiger charge is -2.36. The van der Waals surface area contributed by atoms with Gasteiger partial charge in [0.05, 0.1) is 48.4 Å². The van der Waals surface area contributed by atoms with Crippen molar-refractivity contribution in [1.82, 2.24) is 0 Å². The number of nitrogens with one attached hydrogen (secondary N) is 2. The molecular weight excluding hydrogens is 530 g/mol. The van der Waals surface area contributed by atoms with Gasteiger partial charge in [-0.25, -0.2) is 0 Å². The van der Waals surface area contributed by atoms with Crippen LogP contribution in [0.2, 0.25) is 18.1 Å². The number of nitrogens with zero attached hydrogens (tertiary/aromatic N) is 1. The molecule has 0 atom stereocenters. The number of hydrogen-bond donors (Lipinski definition) is 2. The Balaban J connectivity index is 1.61. The molecule has 0 fully saturated rings. The Morgan fingerprint density at radius 3 is 2.10 bits per heavy atom. The molecule has 1 aliphatic heterocycles. The molecular formula is C29H35N3O7Si. The minimum absolute atomic E-state index is 0.0999. The highest BCUT2D eigenvalue weighted by Gasteiger charge is 2.37. The largest absolute Gasteiger partial charge is 0.493 e. The van der Waals surface area contributed by atoms with E-state index in [9.17, 15) is 14.9 Å². The Bertz CT molecular complexity index is 1450. The molecule has 3 aromatic rings. The van der Waals surface area contributed by atoms with E-state index in [1.54, 1.807) is 43.5 Å². The number of fused-ring (bicyclic) bond motifs is 2. The summed E-state index contributed by atoms with van der Waals surface area (Å²) in [5, 5.41) is 17.7. The number of nitro groups is 1. The molecule has 0 spiro atoms. The minimum Gasteiger partial charge on any atom is -0.493 e. The first-order chi connectivity index (χ1) is 18.8. The second kappa shape index (κ2) is 11.2. The van der Waals surface area contributed by atoms with Gasteiger partial charge in [0, 0.05) is 18.2 Å². The molecule has 0 radical (unpaired) electrons. The van der Waals surface area contributed by atoms with Crippen LogP contribution in [0.25, 0.3) is 11.1 Å². The molecule has 212 valence electrons. The molecule has 0 aliphatic carbocycles. The van der Waals surface area contributed by atoms with Gasteiger partial charge >= 0.3 is 5.69 Å². The average molecular weight is 566 g/mol. The number of carbonyl (C=O) groups is 1. The second-order valence-corrected chi connectivity index (χ2v) is 15.8. The third-order valence-electron chi connectivity index (χ3n) is 7.41. The molecule has 0 bridgehead atoms. The number of benzene rings is 3. The molecule has 1 amide bonds. The van der Waals surface area contributed by atoms with Gasteiger partial charge in [-0.1, -0.05) is 26.8 Å². The zero-order valence-corrected chi connectivity index (χ0v) is 24.8. The van der Waals surface area contributed by atoms with Crippen molar-refractivity contribution in [3.63, 3.8) is 0 Å². The zero-order valence-electron chi connectivity index (χ0n) is 23.8. The molecule has 0 saturated heterocycles. The van der Waals surface area contributed by atoms with E-state index in [1.807, 2.05) is 6.07 Å². The van der Waals surface area contributed by atoms with Crippen LogP contribution < -0.4 is 24.8 Å². The molecule has 0 unspecified atom stereocenters. The lowest BCUT2D eigenvalue weighted by Crippen LogP contribution is -2.41. The number of nitro benzene ring substituents is 1. The monoisotopic (exact) mass is 565 g/mol. The summed E-state index contributed by atoms with van der Waals surface area (Å²) in [5.41, 5.74) is 3.53. The maximum absolute atomic E-state index is 13.1. The van der Waals surface area contributed by atoms with Crippen LogP contribution in [0.3, 0.4) is 0 Å². The Kier molecular flexibility index (Phi) is 8.08. The van der Waals surface area contributed by atoms with Crippen LogP contribution in [0.1, 0.15) is 31.1 Å². The normalized spacial score (nSPS) is 12.8. The Labute approximate surface area is 234 Å². The molecule has 1 aliphatic rings. The fourth-order valence-corrected chi connectivity index (χ4v) is 5.10. The predicted octanol–water partition coefficient (Wildman–Crippen LogP) is 6.99. The van der Waals surface area contributed by atoms with Crippen molar-refractivity contribution in [2.75, 3.05) is 38.1 Å². The second-order valence-electron chi connectivity index (χ2n) is 11.0. The molecule has 0 saturated carbocycles. The molecule has 1 heterocycles. The first kappa shape index (κ1) is 28.9. The van der Waals surface area contributed by atoms with Crippen molar-refractivity contribution < 1.29 is 28.4 Å². The first-order valence-corrected chi connectivity index (χ1v) is 15.8. The van der Waals surface area contributed by atoms with Gasteiger partial charge in [-0.15, -0.1) is 0 Å². The van der Waals surface area contributed by atoms with E-state index in [4.69, 9.17) is 18.6 Å². The number of methoxy groups -OCH3 is 2. The fourth-order valence-electron chi connectivity index (χ4n) is 4.07. The van der Waals surface area contributed by atoms with Crippen LogP contribution in [0.4, 0.5) is 22.7 Å². The van der Waals surface area contributed by atoms with Gasteiger partial charge in [0.15, 0.2) is 25.6 Å². The summed E-state index contributed by atoms with van der Waals surface area (Å²) in [4.78, 5) is 23.9.